The molecule has 2 aromatic rings. The lowest BCUT2D eigenvalue weighted by molar-refractivity contribution is -0.138. The van der Waals surface area contributed by atoms with Gasteiger partial charge in [0, 0.05) is 46.0 Å². The lowest BCUT2D eigenvalue weighted by Gasteiger charge is -2.29. The highest BCUT2D eigenvalue weighted by atomic mass is 127. The molecule has 0 aromatic carbocycles. The van der Waals surface area contributed by atoms with Crippen LogP contribution in [-0.4, -0.2) is 59.9 Å². The van der Waals surface area contributed by atoms with Crippen molar-refractivity contribution in [3.8, 4) is 0 Å². The topological polar surface area (TPSA) is 74.0 Å². The zero-order chi connectivity index (χ0) is 20.0. The van der Waals surface area contributed by atoms with Gasteiger partial charge in [0.05, 0.1) is 17.7 Å². The Hall–Kier alpha value is -1.84. The highest BCUT2D eigenvalue weighted by molar-refractivity contribution is 14.0. The average molecular weight is 512 g/mol. The van der Waals surface area contributed by atoms with E-state index in [1.165, 1.54) is 0 Å². The predicted octanol–water partition coefficient (Wildman–Crippen LogP) is 2.70. The summed E-state index contributed by atoms with van der Waals surface area (Å²) in [6.45, 7) is 4.11. The van der Waals surface area contributed by atoms with Crippen LogP contribution in [0, 0.1) is 5.41 Å². The van der Waals surface area contributed by atoms with Crippen molar-refractivity contribution in [2.75, 3.05) is 33.7 Å². The van der Waals surface area contributed by atoms with Gasteiger partial charge in [-0.15, -0.1) is 24.0 Å². The molecule has 29 heavy (non-hydrogen) atoms. The molecule has 2 N–H and O–H groups in total. The summed E-state index contributed by atoms with van der Waals surface area (Å²) in [4.78, 5) is 23.8. The lowest BCUT2D eigenvalue weighted by Crippen LogP contribution is -2.43. The van der Waals surface area contributed by atoms with Gasteiger partial charge in [0.1, 0.15) is 5.65 Å². The molecule has 0 unspecified atom stereocenters. The third kappa shape index (κ3) is 5.83. The quantitative estimate of drug-likeness (QED) is 0.340. The van der Waals surface area contributed by atoms with Crippen LogP contribution in [0.1, 0.15) is 38.3 Å². The molecule has 1 saturated carbocycles. The number of halogens is 1. The van der Waals surface area contributed by atoms with E-state index in [4.69, 9.17) is 4.99 Å². The fourth-order valence-electron chi connectivity index (χ4n) is 3.95. The minimum Gasteiger partial charge on any atom is -0.357 e. The van der Waals surface area contributed by atoms with Crippen LogP contribution >= 0.6 is 24.0 Å². The molecule has 0 saturated heterocycles. The van der Waals surface area contributed by atoms with Gasteiger partial charge in [-0.05, 0) is 31.9 Å². The number of nitrogens with one attached hydrogen (secondary N) is 2. The van der Waals surface area contributed by atoms with Crippen LogP contribution in [0.5, 0.6) is 0 Å². The summed E-state index contributed by atoms with van der Waals surface area (Å²) in [7, 11) is 3.68. The Kier molecular flexibility index (Phi) is 8.73. The summed E-state index contributed by atoms with van der Waals surface area (Å²) in [6.07, 6.45) is 8.94. The van der Waals surface area contributed by atoms with E-state index in [1.54, 1.807) is 4.90 Å². The second-order valence-electron chi connectivity index (χ2n) is 7.76. The number of hydrogen-bond acceptors (Lipinski definition) is 3. The maximum absolute atomic E-state index is 12.7. The monoisotopic (exact) mass is 512 g/mol. The smallest absolute Gasteiger partial charge is 0.230 e. The molecule has 8 heteroatoms. The minimum atomic E-state index is -0.340. The Bertz CT molecular complexity index is 792. The zero-order valence-corrected chi connectivity index (χ0v) is 20.0. The summed E-state index contributed by atoms with van der Waals surface area (Å²) >= 11 is 0. The van der Waals surface area contributed by atoms with Crippen LogP contribution in [-0.2, 0) is 11.2 Å². The fraction of sp³-hybridized carbons (Fsp3) is 0.571. The molecular weight excluding hydrogens is 479 g/mol. The van der Waals surface area contributed by atoms with Crippen molar-refractivity contribution in [3.63, 3.8) is 0 Å². The van der Waals surface area contributed by atoms with Crippen molar-refractivity contribution in [2.24, 2.45) is 10.4 Å². The summed E-state index contributed by atoms with van der Waals surface area (Å²) in [5.41, 5.74) is 1.67. The van der Waals surface area contributed by atoms with E-state index in [0.29, 0.717) is 6.54 Å². The van der Waals surface area contributed by atoms with Crippen molar-refractivity contribution < 1.29 is 4.79 Å². The second kappa shape index (κ2) is 10.8. The normalized spacial score (nSPS) is 15.8. The first kappa shape index (κ1) is 23.4. The first-order valence-electron chi connectivity index (χ1n) is 10.2. The van der Waals surface area contributed by atoms with E-state index in [2.05, 4.69) is 28.7 Å². The summed E-state index contributed by atoms with van der Waals surface area (Å²) in [5, 5.41) is 6.68. The Balaban J connectivity index is 0.00000300. The third-order valence-corrected chi connectivity index (χ3v) is 5.39. The van der Waals surface area contributed by atoms with Crippen LogP contribution in [0.4, 0.5) is 0 Å². The predicted molar refractivity (Wildman–Crippen MR) is 128 cm³/mol. The van der Waals surface area contributed by atoms with Crippen molar-refractivity contribution in [1.82, 2.24) is 24.9 Å². The molecule has 0 spiro atoms. The summed E-state index contributed by atoms with van der Waals surface area (Å²) in [5.74, 6) is 0.971. The van der Waals surface area contributed by atoms with E-state index in [0.717, 1.165) is 62.5 Å². The van der Waals surface area contributed by atoms with E-state index in [-0.39, 0.29) is 35.3 Å². The summed E-state index contributed by atoms with van der Waals surface area (Å²) < 4.78 is 2.03. The van der Waals surface area contributed by atoms with Crippen LogP contribution < -0.4 is 10.6 Å². The number of carbonyl (C=O) groups excluding carboxylic acids is 1. The third-order valence-electron chi connectivity index (χ3n) is 5.39. The standard InChI is InChI=1S/C21H32N6O.HI/c1-4-22-20(24-16-21(11-6-7-12-21)19(28)26(2)3)23-13-10-17-15-27-14-8-5-9-18(27)25-17;/h5,8-9,14-15H,4,6-7,10-13,16H2,1-3H3,(H2,22,23,24);1H. The molecule has 2 aromatic heterocycles. The van der Waals surface area contributed by atoms with E-state index in [1.807, 2.05) is 42.9 Å². The number of rotatable bonds is 7. The van der Waals surface area contributed by atoms with Gasteiger partial charge >= 0.3 is 0 Å². The van der Waals surface area contributed by atoms with Gasteiger partial charge in [-0.1, -0.05) is 18.9 Å². The molecule has 3 rings (SSSR count). The molecule has 1 aliphatic rings. The van der Waals surface area contributed by atoms with E-state index >= 15 is 0 Å². The van der Waals surface area contributed by atoms with Crippen LogP contribution in [0.25, 0.3) is 5.65 Å². The van der Waals surface area contributed by atoms with Crippen LogP contribution in [0.15, 0.2) is 35.6 Å². The number of fused-ring (bicyclic) bond motifs is 1. The Labute approximate surface area is 190 Å². The molecule has 0 bridgehead atoms. The number of guanidine groups is 1. The maximum Gasteiger partial charge on any atom is 0.230 e. The fourth-order valence-corrected chi connectivity index (χ4v) is 3.95. The molecule has 1 amide bonds. The molecule has 1 fully saturated rings. The largest absolute Gasteiger partial charge is 0.357 e. The molecule has 0 radical (unpaired) electrons. The maximum atomic E-state index is 12.7. The molecule has 160 valence electrons. The number of hydrogen-bond donors (Lipinski definition) is 2. The first-order chi connectivity index (χ1) is 13.5. The van der Waals surface area contributed by atoms with Crippen LogP contribution in [0.2, 0.25) is 0 Å². The highest BCUT2D eigenvalue weighted by Crippen LogP contribution is 2.39. The van der Waals surface area contributed by atoms with Crippen molar-refractivity contribution in [1.29, 1.82) is 0 Å². The van der Waals surface area contributed by atoms with E-state index < -0.39 is 0 Å². The zero-order valence-electron chi connectivity index (χ0n) is 17.6. The Morgan fingerprint density at radius 3 is 2.69 bits per heavy atom. The Morgan fingerprint density at radius 2 is 2.03 bits per heavy atom. The molecular formula is C21H33IN6O. The molecule has 0 aliphatic heterocycles. The van der Waals surface area contributed by atoms with Crippen LogP contribution in [0.3, 0.4) is 0 Å². The second-order valence-corrected chi connectivity index (χ2v) is 7.76. The molecule has 0 atom stereocenters. The molecule has 2 heterocycles. The molecule has 7 nitrogen and oxygen atoms in total. The SMILES string of the molecule is CCNC(=NCC1(C(=O)N(C)C)CCCC1)NCCc1cn2ccccc2n1.I. The van der Waals surface area contributed by atoms with Gasteiger partial charge < -0.3 is 19.9 Å². The van der Waals surface area contributed by atoms with Crippen molar-refractivity contribution >= 4 is 41.5 Å². The lowest BCUT2D eigenvalue weighted by atomic mass is 9.85. The average Bonchev–Trinajstić information content (AvgIpc) is 3.32. The van der Waals surface area contributed by atoms with Gasteiger partial charge in [0.2, 0.25) is 5.91 Å². The number of pyridine rings is 1. The minimum absolute atomic E-state index is 0. The number of aromatic nitrogens is 2. The van der Waals surface area contributed by atoms with Gasteiger partial charge in [0.25, 0.3) is 0 Å². The molecule has 1 aliphatic carbocycles. The number of amides is 1. The van der Waals surface area contributed by atoms with E-state index in [9.17, 15) is 4.79 Å². The first-order valence-corrected chi connectivity index (χ1v) is 10.2. The van der Waals surface area contributed by atoms with Crippen molar-refractivity contribution in [3.05, 3.63) is 36.3 Å². The number of nitrogens with zero attached hydrogens (tertiary/aromatic N) is 4. The number of carbonyl (C=O) groups is 1. The van der Waals surface area contributed by atoms with Gasteiger partial charge in [-0.25, -0.2) is 4.98 Å². The van der Waals surface area contributed by atoms with Gasteiger partial charge in [-0.3, -0.25) is 9.79 Å². The van der Waals surface area contributed by atoms with Crippen molar-refractivity contribution in [2.45, 2.75) is 39.0 Å². The highest BCUT2D eigenvalue weighted by Gasteiger charge is 2.42. The number of aliphatic imine (C=N–C) groups is 1. The Morgan fingerprint density at radius 1 is 1.28 bits per heavy atom. The summed E-state index contributed by atoms with van der Waals surface area (Å²) in [6, 6.07) is 6.00. The van der Waals surface area contributed by atoms with Gasteiger partial charge in [0.15, 0.2) is 5.96 Å². The number of imidazole rings is 1. The van der Waals surface area contributed by atoms with Gasteiger partial charge in [-0.2, -0.15) is 0 Å².